The summed E-state index contributed by atoms with van der Waals surface area (Å²) in [7, 11) is 1.74. The van der Waals surface area contributed by atoms with E-state index in [9.17, 15) is 13.6 Å². The number of nitrogens with one attached hydrogen (secondary N) is 1. The summed E-state index contributed by atoms with van der Waals surface area (Å²) in [5.41, 5.74) is 1.51. The number of aromatic nitrogens is 1. The minimum Gasteiger partial charge on any atom is -0.335 e. The Morgan fingerprint density at radius 1 is 1.19 bits per heavy atom. The van der Waals surface area contributed by atoms with Gasteiger partial charge in [-0.15, -0.1) is 11.3 Å². The van der Waals surface area contributed by atoms with Gasteiger partial charge in [0.1, 0.15) is 5.01 Å². The van der Waals surface area contributed by atoms with Crippen molar-refractivity contribution in [2.45, 2.75) is 25.9 Å². The zero-order valence-electron chi connectivity index (χ0n) is 15.4. The number of hydrogen-bond donors (Lipinski definition) is 1. The Morgan fingerprint density at radius 2 is 1.93 bits per heavy atom. The first kappa shape index (κ1) is 19.4. The lowest BCUT2D eigenvalue weighted by atomic mass is 10.1. The highest BCUT2D eigenvalue weighted by Gasteiger charge is 2.21. The molecule has 3 rings (SSSR count). The van der Waals surface area contributed by atoms with Gasteiger partial charge in [0.2, 0.25) is 5.91 Å². The number of nitrogens with zero attached hydrogens (tertiary/aromatic N) is 2. The molecule has 0 aliphatic rings. The maximum atomic E-state index is 13.4. The lowest BCUT2D eigenvalue weighted by Gasteiger charge is -2.24. The summed E-state index contributed by atoms with van der Waals surface area (Å²) in [4.78, 5) is 18.8. The Hall–Kier alpha value is -2.38. The van der Waals surface area contributed by atoms with Crippen LogP contribution in [0.15, 0.2) is 42.5 Å². The van der Waals surface area contributed by atoms with E-state index >= 15 is 0 Å². The first-order chi connectivity index (χ1) is 12.9. The fourth-order valence-corrected chi connectivity index (χ4v) is 3.78. The molecule has 0 fully saturated rings. The van der Waals surface area contributed by atoms with Crippen LogP contribution in [0.4, 0.5) is 8.78 Å². The minimum absolute atomic E-state index is 0.0892. The average molecular weight is 389 g/mol. The summed E-state index contributed by atoms with van der Waals surface area (Å²) in [5.74, 6) is -1.88. The van der Waals surface area contributed by atoms with Crippen molar-refractivity contribution in [3.8, 4) is 0 Å². The molecule has 2 aromatic carbocycles. The van der Waals surface area contributed by atoms with Gasteiger partial charge in [-0.05, 0) is 43.7 Å². The topological polar surface area (TPSA) is 45.2 Å². The molecule has 4 nitrogen and oxygen atoms in total. The van der Waals surface area contributed by atoms with E-state index in [0.29, 0.717) is 5.56 Å². The largest absolute Gasteiger partial charge is 0.335 e. The number of carbonyl (C=O) groups is 1. The molecule has 0 spiro atoms. The smallest absolute Gasteiger partial charge is 0.236 e. The van der Waals surface area contributed by atoms with Crippen molar-refractivity contribution >= 4 is 27.5 Å². The summed E-state index contributed by atoms with van der Waals surface area (Å²) >= 11 is 1.57. The molecule has 1 amide bonds. The third kappa shape index (κ3) is 4.31. The van der Waals surface area contributed by atoms with Crippen LogP contribution in [0.2, 0.25) is 0 Å². The van der Waals surface area contributed by atoms with Gasteiger partial charge in [-0.3, -0.25) is 4.79 Å². The number of hydrogen-bond acceptors (Lipinski definition) is 4. The quantitative estimate of drug-likeness (QED) is 0.678. The predicted octanol–water partition coefficient (Wildman–Crippen LogP) is 4.44. The fourth-order valence-electron chi connectivity index (χ4n) is 2.72. The van der Waals surface area contributed by atoms with Crippen molar-refractivity contribution in [2.75, 3.05) is 13.6 Å². The van der Waals surface area contributed by atoms with Gasteiger partial charge in [0.05, 0.1) is 22.8 Å². The number of benzene rings is 2. The molecule has 27 heavy (non-hydrogen) atoms. The first-order valence-electron chi connectivity index (χ1n) is 8.66. The number of amides is 1. The van der Waals surface area contributed by atoms with Crippen molar-refractivity contribution < 1.29 is 13.6 Å². The van der Waals surface area contributed by atoms with Crippen LogP contribution in [0.5, 0.6) is 0 Å². The van der Waals surface area contributed by atoms with Gasteiger partial charge in [0.25, 0.3) is 0 Å². The van der Waals surface area contributed by atoms with Gasteiger partial charge in [-0.1, -0.05) is 18.2 Å². The minimum atomic E-state index is -0.894. The van der Waals surface area contributed by atoms with Crippen LogP contribution in [0.25, 0.3) is 10.2 Å². The van der Waals surface area contributed by atoms with Gasteiger partial charge >= 0.3 is 0 Å². The molecule has 0 bridgehead atoms. The van der Waals surface area contributed by atoms with Crippen molar-refractivity contribution in [2.24, 2.45) is 0 Å². The number of fused-ring (bicyclic) bond motifs is 1. The molecule has 0 unspecified atom stereocenters. The molecule has 0 aliphatic carbocycles. The van der Waals surface area contributed by atoms with E-state index in [1.807, 2.05) is 31.2 Å². The molecule has 142 valence electrons. The van der Waals surface area contributed by atoms with Crippen LogP contribution in [-0.4, -0.2) is 29.4 Å². The molecular weight excluding hydrogens is 368 g/mol. The molecule has 1 heterocycles. The molecule has 1 N–H and O–H groups in total. The normalized spacial score (nSPS) is 13.5. The number of halogens is 2. The molecule has 2 atom stereocenters. The van der Waals surface area contributed by atoms with Gasteiger partial charge in [-0.2, -0.15) is 0 Å². The van der Waals surface area contributed by atoms with Crippen molar-refractivity contribution in [3.63, 3.8) is 0 Å². The van der Waals surface area contributed by atoms with Crippen LogP contribution >= 0.6 is 11.3 Å². The van der Waals surface area contributed by atoms with E-state index in [1.54, 1.807) is 30.2 Å². The number of thiazole rings is 1. The predicted molar refractivity (Wildman–Crippen MR) is 104 cm³/mol. The average Bonchev–Trinajstić information content (AvgIpc) is 3.11. The Kier molecular flexibility index (Phi) is 5.82. The second-order valence-electron chi connectivity index (χ2n) is 6.48. The van der Waals surface area contributed by atoms with Crippen molar-refractivity contribution in [3.05, 3.63) is 64.7 Å². The van der Waals surface area contributed by atoms with E-state index in [0.717, 1.165) is 27.4 Å². The van der Waals surface area contributed by atoms with Crippen molar-refractivity contribution in [1.29, 1.82) is 0 Å². The van der Waals surface area contributed by atoms with E-state index in [1.165, 1.54) is 6.07 Å². The van der Waals surface area contributed by atoms with E-state index in [4.69, 9.17) is 0 Å². The highest BCUT2D eigenvalue weighted by atomic mass is 32.1. The van der Waals surface area contributed by atoms with E-state index in [2.05, 4.69) is 10.3 Å². The Morgan fingerprint density at radius 3 is 2.63 bits per heavy atom. The lowest BCUT2D eigenvalue weighted by molar-refractivity contribution is -0.131. The molecule has 7 heteroatoms. The highest BCUT2D eigenvalue weighted by Crippen LogP contribution is 2.28. The van der Waals surface area contributed by atoms with Crippen LogP contribution in [-0.2, 0) is 4.79 Å². The lowest BCUT2D eigenvalue weighted by Crippen LogP contribution is -2.37. The summed E-state index contributed by atoms with van der Waals surface area (Å²) in [6.07, 6.45) is 0. The molecule has 0 saturated carbocycles. The number of para-hydroxylation sites is 1. The van der Waals surface area contributed by atoms with Gasteiger partial charge in [0.15, 0.2) is 11.6 Å². The SMILES string of the molecule is C[C@H](c1nc2ccccc2s1)N(C)C(=O)CN[C@H](C)c1ccc(F)c(F)c1. The number of rotatable bonds is 6. The maximum Gasteiger partial charge on any atom is 0.236 e. The van der Waals surface area contributed by atoms with Crippen molar-refractivity contribution in [1.82, 2.24) is 15.2 Å². The third-order valence-electron chi connectivity index (χ3n) is 4.65. The first-order valence-corrected chi connectivity index (χ1v) is 9.48. The molecular formula is C20H21F2N3OS. The van der Waals surface area contributed by atoms with E-state index in [-0.39, 0.29) is 24.5 Å². The fraction of sp³-hybridized carbons (Fsp3) is 0.300. The molecule has 0 saturated heterocycles. The van der Waals surface area contributed by atoms with Gasteiger partial charge < -0.3 is 10.2 Å². The second kappa shape index (κ2) is 8.10. The van der Waals surface area contributed by atoms with Gasteiger partial charge in [0, 0.05) is 13.1 Å². The van der Waals surface area contributed by atoms with Crippen LogP contribution in [0.3, 0.4) is 0 Å². The third-order valence-corrected chi connectivity index (χ3v) is 5.85. The van der Waals surface area contributed by atoms with Crippen LogP contribution < -0.4 is 5.32 Å². The van der Waals surface area contributed by atoms with E-state index < -0.39 is 11.6 Å². The standard InChI is InChI=1S/C20H21F2N3OS/c1-12(14-8-9-15(21)16(22)10-14)23-11-19(26)25(3)13(2)20-24-17-6-4-5-7-18(17)27-20/h4-10,12-13,23H,11H2,1-3H3/t12-,13-/m1/s1. The zero-order valence-corrected chi connectivity index (χ0v) is 16.2. The molecule has 3 aromatic rings. The maximum absolute atomic E-state index is 13.4. The summed E-state index contributed by atoms with van der Waals surface area (Å²) < 4.78 is 27.5. The molecule has 1 aromatic heterocycles. The van der Waals surface area contributed by atoms with Crippen LogP contribution in [0, 0.1) is 11.6 Å². The molecule has 0 radical (unpaired) electrons. The summed E-state index contributed by atoms with van der Waals surface area (Å²) in [5, 5.41) is 3.94. The van der Waals surface area contributed by atoms with Crippen LogP contribution in [0.1, 0.15) is 36.5 Å². The Labute approximate surface area is 160 Å². The monoisotopic (exact) mass is 389 g/mol. The highest BCUT2D eigenvalue weighted by molar-refractivity contribution is 7.18. The molecule has 0 aliphatic heterocycles. The number of carbonyl (C=O) groups excluding carboxylic acids is 1. The number of likely N-dealkylation sites (N-methyl/N-ethyl adjacent to an activating group) is 1. The Bertz CT molecular complexity index is 926. The summed E-state index contributed by atoms with van der Waals surface area (Å²) in [6.45, 7) is 3.83. The second-order valence-corrected chi connectivity index (χ2v) is 7.54. The van der Waals surface area contributed by atoms with Gasteiger partial charge in [-0.25, -0.2) is 13.8 Å². The Balaban J connectivity index is 1.61. The summed E-state index contributed by atoms with van der Waals surface area (Å²) in [6, 6.07) is 11.2. The zero-order chi connectivity index (χ0) is 19.6.